The number of pyridine rings is 1. The molecule has 2 heteroatoms. The van der Waals surface area contributed by atoms with Crippen LogP contribution in [0.3, 0.4) is 0 Å². The lowest BCUT2D eigenvalue weighted by Crippen LogP contribution is -2.36. The molecule has 0 radical (unpaired) electrons. The molecule has 1 saturated carbocycles. The van der Waals surface area contributed by atoms with Crippen molar-refractivity contribution in [2.75, 3.05) is 0 Å². The molecule has 0 saturated heterocycles. The zero-order valence-corrected chi connectivity index (χ0v) is 12.5. The van der Waals surface area contributed by atoms with E-state index in [9.17, 15) is 0 Å². The smallest absolute Gasteiger partial charge is 0.0705 e. The maximum atomic E-state index is 4.56. The largest absolute Gasteiger partial charge is 0.310 e. The standard InChI is InChI=1S/C18H24N2/c1-13-5-3-4-6-17(13)19-12-15-8-10-18-16(11-15)9-7-14(2)20-18/h7-11,13,17,19H,3-6,12H2,1-2H3. The lowest BCUT2D eigenvalue weighted by Gasteiger charge is -2.29. The van der Waals surface area contributed by atoms with Crippen molar-refractivity contribution in [3.05, 3.63) is 41.6 Å². The van der Waals surface area contributed by atoms with Crippen molar-refractivity contribution in [1.82, 2.24) is 10.3 Å². The maximum absolute atomic E-state index is 4.56. The van der Waals surface area contributed by atoms with Crippen molar-refractivity contribution in [3.63, 3.8) is 0 Å². The van der Waals surface area contributed by atoms with Gasteiger partial charge in [0, 0.05) is 23.7 Å². The topological polar surface area (TPSA) is 24.9 Å². The van der Waals surface area contributed by atoms with Gasteiger partial charge in [-0.3, -0.25) is 4.98 Å². The lowest BCUT2D eigenvalue weighted by molar-refractivity contribution is 0.279. The van der Waals surface area contributed by atoms with Gasteiger partial charge in [0.2, 0.25) is 0 Å². The van der Waals surface area contributed by atoms with Gasteiger partial charge in [0.05, 0.1) is 5.52 Å². The predicted molar refractivity (Wildman–Crippen MR) is 84.7 cm³/mol. The van der Waals surface area contributed by atoms with Crippen molar-refractivity contribution in [2.24, 2.45) is 5.92 Å². The highest BCUT2D eigenvalue weighted by Crippen LogP contribution is 2.24. The fourth-order valence-electron chi connectivity index (χ4n) is 3.26. The van der Waals surface area contributed by atoms with E-state index in [1.54, 1.807) is 0 Å². The van der Waals surface area contributed by atoms with Gasteiger partial charge in [0.25, 0.3) is 0 Å². The summed E-state index contributed by atoms with van der Waals surface area (Å²) in [5.74, 6) is 0.813. The third kappa shape index (κ3) is 3.01. The van der Waals surface area contributed by atoms with Crippen molar-refractivity contribution in [1.29, 1.82) is 0 Å². The Bertz CT molecular complexity index is 591. The molecule has 20 heavy (non-hydrogen) atoms. The first-order valence-electron chi connectivity index (χ1n) is 7.82. The average molecular weight is 268 g/mol. The van der Waals surface area contributed by atoms with Crippen molar-refractivity contribution in [2.45, 2.75) is 52.1 Å². The number of nitrogens with one attached hydrogen (secondary N) is 1. The minimum absolute atomic E-state index is 0.690. The fourth-order valence-corrected chi connectivity index (χ4v) is 3.26. The highest BCUT2D eigenvalue weighted by molar-refractivity contribution is 5.79. The van der Waals surface area contributed by atoms with Gasteiger partial charge in [-0.05, 0) is 49.4 Å². The minimum atomic E-state index is 0.690. The monoisotopic (exact) mass is 268 g/mol. The minimum Gasteiger partial charge on any atom is -0.310 e. The van der Waals surface area contributed by atoms with Crippen molar-refractivity contribution < 1.29 is 0 Å². The van der Waals surface area contributed by atoms with Crippen LogP contribution >= 0.6 is 0 Å². The van der Waals surface area contributed by atoms with Crippen LogP contribution in [-0.2, 0) is 6.54 Å². The molecule has 2 unspecified atom stereocenters. The summed E-state index contributed by atoms with van der Waals surface area (Å²) in [6, 6.07) is 11.6. The molecule has 0 amide bonds. The number of benzene rings is 1. The van der Waals surface area contributed by atoms with Crippen molar-refractivity contribution in [3.8, 4) is 0 Å². The van der Waals surface area contributed by atoms with Crippen LogP contribution in [0.5, 0.6) is 0 Å². The summed E-state index contributed by atoms with van der Waals surface area (Å²) in [5.41, 5.74) is 3.54. The maximum Gasteiger partial charge on any atom is 0.0705 e. The van der Waals surface area contributed by atoms with E-state index >= 15 is 0 Å². The Hall–Kier alpha value is -1.41. The van der Waals surface area contributed by atoms with Crippen LogP contribution in [0.25, 0.3) is 10.9 Å². The Labute approximate surface area is 121 Å². The number of aromatic nitrogens is 1. The average Bonchev–Trinajstić information content (AvgIpc) is 2.46. The van der Waals surface area contributed by atoms with Gasteiger partial charge >= 0.3 is 0 Å². The number of fused-ring (bicyclic) bond motifs is 1. The normalized spacial score (nSPS) is 23.1. The first kappa shape index (κ1) is 13.6. The van der Waals surface area contributed by atoms with Crippen LogP contribution in [0.15, 0.2) is 30.3 Å². The molecule has 3 rings (SSSR count). The van der Waals surface area contributed by atoms with E-state index in [1.807, 2.05) is 6.92 Å². The van der Waals surface area contributed by atoms with Crippen LogP contribution in [0.2, 0.25) is 0 Å². The van der Waals surface area contributed by atoms with Crippen LogP contribution in [0.4, 0.5) is 0 Å². The van der Waals surface area contributed by atoms with E-state index in [2.05, 4.69) is 47.6 Å². The van der Waals surface area contributed by atoms with Gasteiger partial charge in [-0.25, -0.2) is 0 Å². The first-order valence-corrected chi connectivity index (χ1v) is 7.82. The van der Waals surface area contributed by atoms with Crippen LogP contribution in [0, 0.1) is 12.8 Å². The Morgan fingerprint density at radius 1 is 1.15 bits per heavy atom. The van der Waals surface area contributed by atoms with Gasteiger partial charge in [-0.15, -0.1) is 0 Å². The van der Waals surface area contributed by atoms with E-state index in [0.717, 1.165) is 23.7 Å². The third-order valence-electron chi connectivity index (χ3n) is 4.57. The Balaban J connectivity index is 1.69. The Kier molecular flexibility index (Phi) is 4.02. The zero-order chi connectivity index (χ0) is 13.9. The molecule has 1 aromatic heterocycles. The highest BCUT2D eigenvalue weighted by Gasteiger charge is 2.20. The molecule has 1 fully saturated rings. The summed E-state index contributed by atoms with van der Waals surface area (Å²) < 4.78 is 0. The molecule has 106 valence electrons. The predicted octanol–water partition coefficient (Wildman–Crippen LogP) is 4.21. The Morgan fingerprint density at radius 3 is 2.85 bits per heavy atom. The second-order valence-corrected chi connectivity index (χ2v) is 6.23. The number of aryl methyl sites for hydroxylation is 1. The van der Waals surface area contributed by atoms with E-state index < -0.39 is 0 Å². The fraction of sp³-hybridized carbons (Fsp3) is 0.500. The molecule has 1 aromatic carbocycles. The lowest BCUT2D eigenvalue weighted by atomic mass is 9.86. The SMILES string of the molecule is Cc1ccc2cc(CNC3CCCCC3C)ccc2n1. The van der Waals surface area contributed by atoms with E-state index in [-0.39, 0.29) is 0 Å². The molecular weight excluding hydrogens is 244 g/mol. The molecule has 1 heterocycles. The number of rotatable bonds is 3. The molecule has 1 aliphatic carbocycles. The zero-order valence-electron chi connectivity index (χ0n) is 12.5. The summed E-state index contributed by atoms with van der Waals surface area (Å²) in [6.45, 7) is 5.39. The molecule has 0 spiro atoms. The van der Waals surface area contributed by atoms with Gasteiger partial charge in [0.1, 0.15) is 0 Å². The molecule has 2 aromatic rings. The molecular formula is C18H24N2. The first-order chi connectivity index (χ1) is 9.72. The van der Waals surface area contributed by atoms with E-state index in [0.29, 0.717) is 6.04 Å². The van der Waals surface area contributed by atoms with Crippen LogP contribution < -0.4 is 5.32 Å². The van der Waals surface area contributed by atoms with Crippen molar-refractivity contribution >= 4 is 10.9 Å². The molecule has 1 aliphatic rings. The molecule has 0 aliphatic heterocycles. The highest BCUT2D eigenvalue weighted by atomic mass is 14.9. The van der Waals surface area contributed by atoms with Gasteiger partial charge in [-0.1, -0.05) is 31.9 Å². The molecule has 0 bridgehead atoms. The summed E-state index contributed by atoms with van der Waals surface area (Å²) in [6.07, 6.45) is 5.48. The number of nitrogens with zero attached hydrogens (tertiary/aromatic N) is 1. The molecule has 2 atom stereocenters. The quantitative estimate of drug-likeness (QED) is 0.902. The summed E-state index contributed by atoms with van der Waals surface area (Å²) in [7, 11) is 0. The second kappa shape index (κ2) is 5.92. The number of hydrogen-bond donors (Lipinski definition) is 1. The van der Waals surface area contributed by atoms with Gasteiger partial charge in [0.15, 0.2) is 0 Å². The second-order valence-electron chi connectivity index (χ2n) is 6.23. The Morgan fingerprint density at radius 2 is 2.00 bits per heavy atom. The third-order valence-corrected chi connectivity index (χ3v) is 4.57. The summed E-state index contributed by atoms with van der Waals surface area (Å²) in [5, 5.41) is 4.99. The molecule has 1 N–H and O–H groups in total. The van der Waals surface area contributed by atoms with Crippen LogP contribution in [-0.4, -0.2) is 11.0 Å². The van der Waals surface area contributed by atoms with Crippen LogP contribution in [0.1, 0.15) is 43.9 Å². The van der Waals surface area contributed by atoms with Gasteiger partial charge in [-0.2, -0.15) is 0 Å². The van der Waals surface area contributed by atoms with E-state index in [1.165, 1.54) is 36.6 Å². The summed E-state index contributed by atoms with van der Waals surface area (Å²) in [4.78, 5) is 4.56. The summed E-state index contributed by atoms with van der Waals surface area (Å²) >= 11 is 0. The molecule has 2 nitrogen and oxygen atoms in total. The number of hydrogen-bond acceptors (Lipinski definition) is 2. The van der Waals surface area contributed by atoms with E-state index in [4.69, 9.17) is 0 Å². The van der Waals surface area contributed by atoms with Gasteiger partial charge < -0.3 is 5.32 Å².